The SMILES string of the molecule is CC(C)N1CCC2(CC1)CN(C(=O)Cc1ccccc1)C2. The van der Waals surface area contributed by atoms with Crippen LogP contribution in [-0.2, 0) is 11.2 Å². The average molecular weight is 286 g/mol. The second kappa shape index (κ2) is 5.80. The number of carbonyl (C=O) groups is 1. The maximum absolute atomic E-state index is 12.3. The van der Waals surface area contributed by atoms with Crippen LogP contribution in [0.3, 0.4) is 0 Å². The number of piperidine rings is 1. The third-order valence-corrected chi connectivity index (χ3v) is 5.19. The van der Waals surface area contributed by atoms with Crippen LogP contribution in [0.15, 0.2) is 30.3 Å². The number of rotatable bonds is 3. The lowest BCUT2D eigenvalue weighted by Crippen LogP contribution is -2.62. The Morgan fingerprint density at radius 3 is 2.33 bits per heavy atom. The van der Waals surface area contributed by atoms with Crippen LogP contribution in [0.4, 0.5) is 0 Å². The molecule has 114 valence electrons. The van der Waals surface area contributed by atoms with Crippen molar-refractivity contribution < 1.29 is 4.79 Å². The zero-order valence-corrected chi connectivity index (χ0v) is 13.2. The zero-order valence-electron chi connectivity index (χ0n) is 13.2. The molecule has 1 spiro atoms. The lowest BCUT2D eigenvalue weighted by Gasteiger charge is -2.54. The first-order valence-electron chi connectivity index (χ1n) is 8.14. The molecule has 2 fully saturated rings. The Hall–Kier alpha value is -1.35. The molecule has 2 aliphatic heterocycles. The second-order valence-electron chi connectivity index (χ2n) is 7.04. The molecule has 0 aliphatic carbocycles. The van der Waals surface area contributed by atoms with Crippen LogP contribution in [-0.4, -0.2) is 47.9 Å². The number of likely N-dealkylation sites (tertiary alicyclic amines) is 2. The van der Waals surface area contributed by atoms with Crippen LogP contribution >= 0.6 is 0 Å². The predicted molar refractivity (Wildman–Crippen MR) is 85.1 cm³/mol. The summed E-state index contributed by atoms with van der Waals surface area (Å²) < 4.78 is 0. The van der Waals surface area contributed by atoms with Gasteiger partial charge in [-0.05, 0) is 45.3 Å². The molecular weight excluding hydrogens is 260 g/mol. The van der Waals surface area contributed by atoms with Crippen molar-refractivity contribution in [2.75, 3.05) is 26.2 Å². The maximum atomic E-state index is 12.3. The topological polar surface area (TPSA) is 23.6 Å². The standard InChI is InChI=1S/C18H26N2O/c1-15(2)19-10-8-18(9-11-19)13-20(14-18)17(21)12-16-6-4-3-5-7-16/h3-7,15H,8-14H2,1-2H3. The Labute approximate surface area is 127 Å². The lowest BCUT2D eigenvalue weighted by molar-refractivity contribution is -0.146. The molecule has 0 bridgehead atoms. The summed E-state index contributed by atoms with van der Waals surface area (Å²) in [5, 5.41) is 0. The van der Waals surface area contributed by atoms with E-state index in [4.69, 9.17) is 0 Å². The fourth-order valence-corrected chi connectivity index (χ4v) is 3.65. The Morgan fingerprint density at radius 2 is 1.76 bits per heavy atom. The first-order valence-corrected chi connectivity index (χ1v) is 8.14. The molecule has 0 unspecified atom stereocenters. The fourth-order valence-electron chi connectivity index (χ4n) is 3.65. The zero-order chi connectivity index (χ0) is 14.9. The summed E-state index contributed by atoms with van der Waals surface area (Å²) in [6.45, 7) is 8.88. The van der Waals surface area contributed by atoms with Crippen molar-refractivity contribution in [3.05, 3.63) is 35.9 Å². The lowest BCUT2D eigenvalue weighted by atomic mass is 9.71. The summed E-state index contributed by atoms with van der Waals surface area (Å²) in [6.07, 6.45) is 3.05. The molecule has 0 saturated carbocycles. The van der Waals surface area contributed by atoms with Crippen LogP contribution in [0.2, 0.25) is 0 Å². The molecular formula is C18H26N2O. The van der Waals surface area contributed by atoms with Crippen molar-refractivity contribution in [2.24, 2.45) is 5.41 Å². The highest BCUT2D eigenvalue weighted by atomic mass is 16.2. The Morgan fingerprint density at radius 1 is 1.14 bits per heavy atom. The van der Waals surface area contributed by atoms with E-state index >= 15 is 0 Å². The van der Waals surface area contributed by atoms with Crippen molar-refractivity contribution in [3.8, 4) is 0 Å². The molecule has 1 aromatic rings. The first-order chi connectivity index (χ1) is 10.1. The molecule has 3 nitrogen and oxygen atoms in total. The molecule has 0 N–H and O–H groups in total. The highest BCUT2D eigenvalue weighted by molar-refractivity contribution is 5.79. The minimum absolute atomic E-state index is 0.290. The van der Waals surface area contributed by atoms with Gasteiger partial charge in [0.15, 0.2) is 0 Å². The van der Waals surface area contributed by atoms with Gasteiger partial charge in [0.1, 0.15) is 0 Å². The largest absolute Gasteiger partial charge is 0.341 e. The molecule has 0 aromatic heterocycles. The molecule has 0 atom stereocenters. The monoisotopic (exact) mass is 286 g/mol. The highest BCUT2D eigenvalue weighted by Gasteiger charge is 2.46. The third kappa shape index (κ3) is 3.13. The van der Waals surface area contributed by atoms with Crippen molar-refractivity contribution in [2.45, 2.75) is 39.2 Å². The van der Waals surface area contributed by atoms with Crippen LogP contribution in [0, 0.1) is 5.41 Å². The smallest absolute Gasteiger partial charge is 0.227 e. The number of nitrogens with zero attached hydrogens (tertiary/aromatic N) is 2. The van der Waals surface area contributed by atoms with E-state index in [9.17, 15) is 4.79 Å². The number of benzene rings is 1. The Bertz CT molecular complexity index is 481. The van der Waals surface area contributed by atoms with Gasteiger partial charge in [0, 0.05) is 24.5 Å². The summed E-state index contributed by atoms with van der Waals surface area (Å²) in [6, 6.07) is 10.7. The Kier molecular flexibility index (Phi) is 4.03. The number of amides is 1. The number of carbonyl (C=O) groups excluding carboxylic acids is 1. The molecule has 3 rings (SSSR count). The van der Waals surface area contributed by atoms with Gasteiger partial charge >= 0.3 is 0 Å². The van der Waals surface area contributed by atoms with Gasteiger partial charge in [0.05, 0.1) is 6.42 Å². The van der Waals surface area contributed by atoms with Crippen LogP contribution in [0.5, 0.6) is 0 Å². The summed E-state index contributed by atoms with van der Waals surface area (Å²) in [5.74, 6) is 0.290. The molecule has 2 aliphatic rings. The van der Waals surface area contributed by atoms with Crippen molar-refractivity contribution in [3.63, 3.8) is 0 Å². The van der Waals surface area contributed by atoms with E-state index in [0.29, 0.717) is 17.9 Å². The predicted octanol–water partition coefficient (Wildman–Crippen LogP) is 2.56. The van der Waals surface area contributed by atoms with Crippen LogP contribution < -0.4 is 0 Å². The fraction of sp³-hybridized carbons (Fsp3) is 0.611. The van der Waals surface area contributed by atoms with Gasteiger partial charge in [0.25, 0.3) is 0 Å². The average Bonchev–Trinajstić information content (AvgIpc) is 2.45. The molecule has 0 radical (unpaired) electrons. The molecule has 2 saturated heterocycles. The van der Waals surface area contributed by atoms with Crippen LogP contribution in [0.25, 0.3) is 0 Å². The Balaban J connectivity index is 1.48. The van der Waals surface area contributed by atoms with Gasteiger partial charge in [-0.1, -0.05) is 30.3 Å². The van der Waals surface area contributed by atoms with Gasteiger partial charge in [-0.15, -0.1) is 0 Å². The van der Waals surface area contributed by atoms with Gasteiger partial charge in [-0.2, -0.15) is 0 Å². The maximum Gasteiger partial charge on any atom is 0.227 e. The quantitative estimate of drug-likeness (QED) is 0.852. The molecule has 2 heterocycles. The van der Waals surface area contributed by atoms with Crippen molar-refractivity contribution in [1.82, 2.24) is 9.80 Å². The summed E-state index contributed by atoms with van der Waals surface area (Å²) in [4.78, 5) is 16.9. The second-order valence-corrected chi connectivity index (χ2v) is 7.04. The van der Waals surface area contributed by atoms with Gasteiger partial charge in [-0.25, -0.2) is 0 Å². The summed E-state index contributed by atoms with van der Waals surface area (Å²) >= 11 is 0. The van der Waals surface area contributed by atoms with E-state index in [1.807, 2.05) is 30.3 Å². The van der Waals surface area contributed by atoms with E-state index in [1.165, 1.54) is 25.9 Å². The van der Waals surface area contributed by atoms with Gasteiger partial charge in [-0.3, -0.25) is 4.79 Å². The molecule has 3 heteroatoms. The van der Waals surface area contributed by atoms with E-state index in [1.54, 1.807) is 0 Å². The first kappa shape index (κ1) is 14.6. The van der Waals surface area contributed by atoms with Crippen LogP contribution in [0.1, 0.15) is 32.3 Å². The summed E-state index contributed by atoms with van der Waals surface area (Å²) in [7, 11) is 0. The van der Waals surface area contributed by atoms with E-state index in [0.717, 1.165) is 18.7 Å². The van der Waals surface area contributed by atoms with Gasteiger partial charge < -0.3 is 9.80 Å². The number of hydrogen-bond donors (Lipinski definition) is 0. The minimum Gasteiger partial charge on any atom is -0.341 e. The third-order valence-electron chi connectivity index (χ3n) is 5.19. The normalized spacial score (nSPS) is 21.6. The minimum atomic E-state index is 0.290. The molecule has 21 heavy (non-hydrogen) atoms. The summed E-state index contributed by atoms with van der Waals surface area (Å²) in [5.41, 5.74) is 1.55. The molecule has 1 amide bonds. The molecule has 1 aromatic carbocycles. The van der Waals surface area contributed by atoms with Crippen molar-refractivity contribution >= 4 is 5.91 Å². The van der Waals surface area contributed by atoms with E-state index in [2.05, 4.69) is 23.6 Å². The van der Waals surface area contributed by atoms with Gasteiger partial charge in [0.2, 0.25) is 5.91 Å². The number of hydrogen-bond acceptors (Lipinski definition) is 2. The van der Waals surface area contributed by atoms with Crippen molar-refractivity contribution in [1.29, 1.82) is 0 Å². The van der Waals surface area contributed by atoms with E-state index < -0.39 is 0 Å². The highest BCUT2D eigenvalue weighted by Crippen LogP contribution is 2.40. The van der Waals surface area contributed by atoms with E-state index in [-0.39, 0.29) is 5.91 Å².